The molecule has 1 saturated heterocycles. The van der Waals surface area contributed by atoms with Gasteiger partial charge in [-0.1, -0.05) is 18.2 Å². The molecule has 0 aromatic heterocycles. The number of para-hydroxylation sites is 1. The van der Waals surface area contributed by atoms with Crippen LogP contribution in [0.4, 0.5) is 11.4 Å². The number of nitrogens with zero attached hydrogens (tertiary/aromatic N) is 2. The molecule has 1 N–H and O–H groups in total. The maximum absolute atomic E-state index is 12.4. The van der Waals surface area contributed by atoms with Crippen molar-refractivity contribution in [2.75, 3.05) is 42.9 Å². The minimum Gasteiger partial charge on any atom is -0.385 e. The molecule has 1 heterocycles. The summed E-state index contributed by atoms with van der Waals surface area (Å²) in [6.45, 7) is 5.42. The van der Waals surface area contributed by atoms with Gasteiger partial charge in [-0.15, -0.1) is 0 Å². The summed E-state index contributed by atoms with van der Waals surface area (Å²) in [5.41, 5.74) is 2.84. The molecule has 0 aliphatic carbocycles. The summed E-state index contributed by atoms with van der Waals surface area (Å²) in [5.74, 6) is 0.243. The fraction of sp³-hybridized carbons (Fsp3) is 0.333. The van der Waals surface area contributed by atoms with Gasteiger partial charge in [-0.05, 0) is 43.3 Å². The van der Waals surface area contributed by atoms with Crippen molar-refractivity contribution in [2.45, 2.75) is 13.3 Å². The first-order valence-electron chi connectivity index (χ1n) is 9.06. The largest absolute Gasteiger partial charge is 0.385 e. The number of benzene rings is 2. The SMILES string of the molecule is CC(=O)c1ccc(NCCC(=O)N2CCN(c3ccccc3)CC2)cc1. The predicted octanol–water partition coefficient (Wildman–Crippen LogP) is 3.04. The predicted molar refractivity (Wildman–Crippen MR) is 105 cm³/mol. The second kappa shape index (κ2) is 8.52. The number of hydrogen-bond donors (Lipinski definition) is 1. The van der Waals surface area contributed by atoms with Crippen LogP contribution in [0.3, 0.4) is 0 Å². The number of carbonyl (C=O) groups excluding carboxylic acids is 2. The van der Waals surface area contributed by atoms with Gasteiger partial charge in [0.1, 0.15) is 0 Å². The van der Waals surface area contributed by atoms with Crippen LogP contribution in [-0.2, 0) is 4.79 Å². The minimum absolute atomic E-state index is 0.0568. The molecule has 0 atom stereocenters. The van der Waals surface area contributed by atoms with Gasteiger partial charge < -0.3 is 15.1 Å². The number of piperazine rings is 1. The lowest BCUT2D eigenvalue weighted by molar-refractivity contribution is -0.131. The highest BCUT2D eigenvalue weighted by atomic mass is 16.2. The molecule has 0 spiro atoms. The molecular formula is C21H25N3O2. The lowest BCUT2D eigenvalue weighted by atomic mass is 10.1. The molecule has 2 aromatic rings. The maximum atomic E-state index is 12.4. The first-order valence-corrected chi connectivity index (χ1v) is 9.06. The highest BCUT2D eigenvalue weighted by Crippen LogP contribution is 2.16. The Morgan fingerprint density at radius 3 is 2.19 bits per heavy atom. The summed E-state index contributed by atoms with van der Waals surface area (Å²) in [5, 5.41) is 3.25. The van der Waals surface area contributed by atoms with E-state index in [1.807, 2.05) is 35.2 Å². The molecule has 1 aliphatic heterocycles. The van der Waals surface area contributed by atoms with Crippen molar-refractivity contribution in [3.8, 4) is 0 Å². The monoisotopic (exact) mass is 351 g/mol. The Hall–Kier alpha value is -2.82. The van der Waals surface area contributed by atoms with Gasteiger partial charge in [0.05, 0.1) is 0 Å². The average molecular weight is 351 g/mol. The Kier molecular flexibility index (Phi) is 5.89. The van der Waals surface area contributed by atoms with Crippen LogP contribution in [0.25, 0.3) is 0 Å². The van der Waals surface area contributed by atoms with Crippen LogP contribution in [0.5, 0.6) is 0 Å². The van der Waals surface area contributed by atoms with Gasteiger partial charge >= 0.3 is 0 Å². The standard InChI is InChI=1S/C21H25N3O2/c1-17(25)18-7-9-19(10-8-18)22-12-11-21(26)24-15-13-23(14-16-24)20-5-3-2-4-6-20/h2-10,22H,11-16H2,1H3. The van der Waals surface area contributed by atoms with E-state index < -0.39 is 0 Å². The van der Waals surface area contributed by atoms with E-state index in [4.69, 9.17) is 0 Å². The topological polar surface area (TPSA) is 52.7 Å². The smallest absolute Gasteiger partial charge is 0.224 e. The molecule has 0 bridgehead atoms. The fourth-order valence-electron chi connectivity index (χ4n) is 3.15. The first-order chi connectivity index (χ1) is 12.6. The van der Waals surface area contributed by atoms with Gasteiger partial charge in [-0.3, -0.25) is 9.59 Å². The number of carbonyl (C=O) groups is 2. The van der Waals surface area contributed by atoms with E-state index in [0.29, 0.717) is 18.5 Å². The molecular weight excluding hydrogens is 326 g/mol. The summed E-state index contributed by atoms with van der Waals surface area (Å²) in [6.07, 6.45) is 0.472. The van der Waals surface area contributed by atoms with Crippen LogP contribution < -0.4 is 10.2 Å². The number of hydrogen-bond acceptors (Lipinski definition) is 4. The summed E-state index contributed by atoms with van der Waals surface area (Å²) in [4.78, 5) is 27.9. The zero-order valence-corrected chi connectivity index (χ0v) is 15.1. The van der Waals surface area contributed by atoms with E-state index >= 15 is 0 Å². The maximum Gasteiger partial charge on any atom is 0.224 e. The zero-order chi connectivity index (χ0) is 18.4. The highest BCUT2D eigenvalue weighted by molar-refractivity contribution is 5.94. The Labute approximate surface area is 154 Å². The Morgan fingerprint density at radius 1 is 0.923 bits per heavy atom. The Bertz CT molecular complexity index is 736. The van der Waals surface area contributed by atoms with E-state index in [-0.39, 0.29) is 11.7 Å². The van der Waals surface area contributed by atoms with Gasteiger partial charge in [0.2, 0.25) is 5.91 Å². The van der Waals surface area contributed by atoms with Crippen molar-refractivity contribution in [1.82, 2.24) is 4.90 Å². The third kappa shape index (κ3) is 4.63. The zero-order valence-electron chi connectivity index (χ0n) is 15.1. The normalized spacial score (nSPS) is 14.2. The summed E-state index contributed by atoms with van der Waals surface area (Å²) >= 11 is 0. The van der Waals surface area contributed by atoms with Gasteiger partial charge in [0.25, 0.3) is 0 Å². The van der Waals surface area contributed by atoms with E-state index in [1.54, 1.807) is 19.1 Å². The molecule has 0 radical (unpaired) electrons. The number of anilines is 2. The minimum atomic E-state index is 0.0568. The summed E-state index contributed by atoms with van der Waals surface area (Å²) in [6, 6.07) is 17.7. The Morgan fingerprint density at radius 2 is 1.58 bits per heavy atom. The van der Waals surface area contributed by atoms with Crippen molar-refractivity contribution in [2.24, 2.45) is 0 Å². The van der Waals surface area contributed by atoms with Crippen LogP contribution in [0.2, 0.25) is 0 Å². The van der Waals surface area contributed by atoms with E-state index in [0.717, 1.165) is 31.9 Å². The third-order valence-electron chi connectivity index (χ3n) is 4.71. The van der Waals surface area contributed by atoms with Crippen molar-refractivity contribution in [3.63, 3.8) is 0 Å². The quantitative estimate of drug-likeness (QED) is 0.813. The molecule has 2 aromatic carbocycles. The van der Waals surface area contributed by atoms with Crippen LogP contribution in [0.15, 0.2) is 54.6 Å². The second-order valence-electron chi connectivity index (χ2n) is 6.51. The average Bonchev–Trinajstić information content (AvgIpc) is 2.69. The van der Waals surface area contributed by atoms with E-state index in [9.17, 15) is 9.59 Å². The molecule has 1 amide bonds. The van der Waals surface area contributed by atoms with Crippen molar-refractivity contribution in [1.29, 1.82) is 0 Å². The molecule has 0 unspecified atom stereocenters. The van der Waals surface area contributed by atoms with E-state index in [1.165, 1.54) is 5.69 Å². The molecule has 1 aliphatic rings. The van der Waals surface area contributed by atoms with Gasteiger partial charge in [-0.25, -0.2) is 0 Å². The second-order valence-corrected chi connectivity index (χ2v) is 6.51. The lowest BCUT2D eigenvalue weighted by Gasteiger charge is -2.36. The van der Waals surface area contributed by atoms with Crippen LogP contribution in [0.1, 0.15) is 23.7 Å². The molecule has 1 fully saturated rings. The number of nitrogens with one attached hydrogen (secondary N) is 1. The Balaban J connectivity index is 1.41. The third-order valence-corrected chi connectivity index (χ3v) is 4.71. The van der Waals surface area contributed by atoms with E-state index in [2.05, 4.69) is 22.3 Å². The molecule has 5 heteroatoms. The molecule has 26 heavy (non-hydrogen) atoms. The number of rotatable bonds is 6. The van der Waals surface area contributed by atoms with Crippen LogP contribution in [0, 0.1) is 0 Å². The van der Waals surface area contributed by atoms with Crippen molar-refractivity contribution in [3.05, 3.63) is 60.2 Å². The summed E-state index contributed by atoms with van der Waals surface area (Å²) < 4.78 is 0. The fourth-order valence-corrected chi connectivity index (χ4v) is 3.15. The van der Waals surface area contributed by atoms with Crippen LogP contribution >= 0.6 is 0 Å². The molecule has 0 saturated carbocycles. The van der Waals surface area contributed by atoms with Gasteiger partial charge in [-0.2, -0.15) is 0 Å². The summed E-state index contributed by atoms with van der Waals surface area (Å²) in [7, 11) is 0. The molecule has 5 nitrogen and oxygen atoms in total. The lowest BCUT2D eigenvalue weighted by Crippen LogP contribution is -2.49. The number of Topliss-reactive ketones (excluding diaryl/α,β-unsaturated/α-hetero) is 1. The molecule has 3 rings (SSSR count). The molecule has 136 valence electrons. The number of amides is 1. The van der Waals surface area contributed by atoms with Gasteiger partial charge in [0, 0.05) is 56.1 Å². The number of ketones is 1. The highest BCUT2D eigenvalue weighted by Gasteiger charge is 2.20. The first kappa shape index (κ1) is 18.0. The van der Waals surface area contributed by atoms with Crippen molar-refractivity contribution >= 4 is 23.1 Å². The van der Waals surface area contributed by atoms with Crippen molar-refractivity contribution < 1.29 is 9.59 Å². The van der Waals surface area contributed by atoms with Gasteiger partial charge in [0.15, 0.2) is 5.78 Å². The van der Waals surface area contributed by atoms with Crippen LogP contribution in [-0.4, -0.2) is 49.3 Å².